The van der Waals surface area contributed by atoms with Crippen molar-refractivity contribution >= 4 is 29.1 Å². The number of piperazine rings is 1. The van der Waals surface area contributed by atoms with E-state index in [-0.39, 0.29) is 23.9 Å². The first-order valence-electron chi connectivity index (χ1n) is 10.7. The predicted molar refractivity (Wildman–Crippen MR) is 119 cm³/mol. The molecule has 0 radical (unpaired) electrons. The molecule has 7 heteroatoms. The zero-order chi connectivity index (χ0) is 21.4. The Hall–Kier alpha value is -1.63. The molecule has 1 aromatic carbocycles. The lowest BCUT2D eigenvalue weighted by molar-refractivity contribution is -0.137. The van der Waals surface area contributed by atoms with Crippen LogP contribution in [-0.2, 0) is 9.59 Å². The van der Waals surface area contributed by atoms with Gasteiger partial charge in [-0.1, -0.05) is 37.6 Å². The maximum atomic E-state index is 12.9. The molecule has 0 aromatic heterocycles. The highest BCUT2D eigenvalue weighted by molar-refractivity contribution is 6.33. The minimum absolute atomic E-state index is 0.0673. The van der Waals surface area contributed by atoms with E-state index in [4.69, 9.17) is 11.6 Å². The Balaban J connectivity index is 1.80. The molecule has 0 saturated carbocycles. The lowest BCUT2D eigenvalue weighted by atomic mass is 10.1. The van der Waals surface area contributed by atoms with E-state index in [1.165, 1.54) is 0 Å². The molecule has 1 aromatic rings. The number of anilines is 1. The smallest absolute Gasteiger partial charge is 0.238 e. The van der Waals surface area contributed by atoms with E-state index in [9.17, 15) is 9.59 Å². The standard InChI is InChI=1S/C22H35ClN4O2/c1-5-17(3)27(18(4)6-2)22(29)16-26-13-11-25(12-14-26)15-21(28)24-20-10-8-7-9-19(20)23/h7-10,17-18H,5-6,11-16H2,1-4H3,(H,24,28)/t17-,18+. The highest BCUT2D eigenvalue weighted by atomic mass is 35.5. The molecule has 1 saturated heterocycles. The number of carbonyl (C=O) groups excluding carboxylic acids is 2. The summed E-state index contributed by atoms with van der Waals surface area (Å²) in [5.74, 6) is 0.140. The molecule has 2 rings (SSSR count). The number of hydrogen-bond donors (Lipinski definition) is 1. The fraction of sp³-hybridized carbons (Fsp3) is 0.636. The number of benzene rings is 1. The maximum absolute atomic E-state index is 12.9. The summed E-state index contributed by atoms with van der Waals surface area (Å²) in [7, 11) is 0. The quantitative estimate of drug-likeness (QED) is 0.663. The predicted octanol–water partition coefficient (Wildman–Crippen LogP) is 3.32. The number of hydrogen-bond acceptors (Lipinski definition) is 4. The highest BCUT2D eigenvalue weighted by Gasteiger charge is 2.27. The van der Waals surface area contributed by atoms with E-state index in [0.717, 1.165) is 39.0 Å². The maximum Gasteiger partial charge on any atom is 0.238 e. The third kappa shape index (κ3) is 6.98. The van der Waals surface area contributed by atoms with E-state index in [0.29, 0.717) is 23.8 Å². The topological polar surface area (TPSA) is 55.9 Å². The van der Waals surface area contributed by atoms with Crippen LogP contribution in [0.5, 0.6) is 0 Å². The fourth-order valence-corrected chi connectivity index (χ4v) is 3.84. The van der Waals surface area contributed by atoms with Crippen molar-refractivity contribution in [2.75, 3.05) is 44.6 Å². The summed E-state index contributed by atoms with van der Waals surface area (Å²) in [6.07, 6.45) is 1.93. The van der Waals surface area contributed by atoms with E-state index in [1.54, 1.807) is 12.1 Å². The summed E-state index contributed by atoms with van der Waals surface area (Å²) in [5, 5.41) is 3.40. The summed E-state index contributed by atoms with van der Waals surface area (Å²) in [6.45, 7) is 12.4. The molecule has 0 aliphatic carbocycles. The lowest BCUT2D eigenvalue weighted by Crippen LogP contribution is -2.53. The van der Waals surface area contributed by atoms with Crippen LogP contribution in [0.2, 0.25) is 5.02 Å². The minimum atomic E-state index is -0.0673. The second-order valence-electron chi connectivity index (χ2n) is 7.90. The number of halogens is 1. The molecule has 2 amide bonds. The van der Waals surface area contributed by atoms with Crippen molar-refractivity contribution in [3.63, 3.8) is 0 Å². The van der Waals surface area contributed by atoms with Crippen LogP contribution in [0, 0.1) is 0 Å². The van der Waals surface area contributed by atoms with Crippen LogP contribution >= 0.6 is 11.6 Å². The number of nitrogens with one attached hydrogen (secondary N) is 1. The monoisotopic (exact) mass is 422 g/mol. The Morgan fingerprint density at radius 1 is 1.00 bits per heavy atom. The Morgan fingerprint density at radius 2 is 1.52 bits per heavy atom. The van der Waals surface area contributed by atoms with Crippen LogP contribution in [0.4, 0.5) is 5.69 Å². The van der Waals surface area contributed by atoms with Gasteiger partial charge in [0, 0.05) is 38.3 Å². The van der Waals surface area contributed by atoms with Crippen molar-refractivity contribution in [3.8, 4) is 0 Å². The van der Waals surface area contributed by atoms with Crippen molar-refractivity contribution in [3.05, 3.63) is 29.3 Å². The molecule has 1 heterocycles. The number of rotatable bonds is 9. The van der Waals surface area contributed by atoms with Crippen molar-refractivity contribution < 1.29 is 9.59 Å². The Labute approximate surface area is 180 Å². The van der Waals surface area contributed by atoms with Crippen molar-refractivity contribution in [1.29, 1.82) is 0 Å². The summed E-state index contributed by atoms with van der Waals surface area (Å²) in [6, 6.07) is 7.75. The van der Waals surface area contributed by atoms with Gasteiger partial charge in [0.1, 0.15) is 0 Å². The van der Waals surface area contributed by atoms with E-state index in [1.807, 2.05) is 17.0 Å². The van der Waals surface area contributed by atoms with Crippen LogP contribution in [-0.4, -0.2) is 77.9 Å². The first-order valence-corrected chi connectivity index (χ1v) is 11.0. The molecule has 1 aliphatic rings. The summed E-state index contributed by atoms with van der Waals surface area (Å²) < 4.78 is 0. The first kappa shape index (κ1) is 23.6. The van der Waals surface area contributed by atoms with Crippen molar-refractivity contribution in [1.82, 2.24) is 14.7 Å². The van der Waals surface area contributed by atoms with Crippen LogP contribution in [0.15, 0.2) is 24.3 Å². The van der Waals surface area contributed by atoms with E-state index < -0.39 is 0 Å². The first-order chi connectivity index (χ1) is 13.8. The second kappa shape index (κ2) is 11.5. The Morgan fingerprint density at radius 3 is 2.03 bits per heavy atom. The van der Waals surface area contributed by atoms with Gasteiger partial charge in [0.05, 0.1) is 23.8 Å². The summed E-state index contributed by atoms with van der Waals surface area (Å²) in [4.78, 5) is 31.6. The summed E-state index contributed by atoms with van der Waals surface area (Å²) >= 11 is 6.10. The molecular formula is C22H35ClN4O2. The molecule has 0 spiro atoms. The van der Waals surface area contributed by atoms with Gasteiger partial charge >= 0.3 is 0 Å². The van der Waals surface area contributed by atoms with Gasteiger partial charge in [-0.3, -0.25) is 19.4 Å². The van der Waals surface area contributed by atoms with E-state index in [2.05, 4.69) is 42.8 Å². The molecule has 162 valence electrons. The molecule has 1 N–H and O–H groups in total. The van der Waals surface area contributed by atoms with Crippen LogP contribution in [0.25, 0.3) is 0 Å². The molecule has 0 unspecified atom stereocenters. The molecule has 0 bridgehead atoms. The second-order valence-corrected chi connectivity index (χ2v) is 8.30. The largest absolute Gasteiger partial charge is 0.336 e. The van der Waals surface area contributed by atoms with E-state index >= 15 is 0 Å². The third-order valence-electron chi connectivity index (χ3n) is 5.76. The van der Waals surface area contributed by atoms with Gasteiger partial charge in [-0.05, 0) is 38.8 Å². The highest BCUT2D eigenvalue weighted by Crippen LogP contribution is 2.20. The van der Waals surface area contributed by atoms with Gasteiger partial charge < -0.3 is 10.2 Å². The Bertz CT molecular complexity index is 667. The lowest BCUT2D eigenvalue weighted by Gasteiger charge is -2.38. The van der Waals surface area contributed by atoms with Crippen molar-refractivity contribution in [2.45, 2.75) is 52.6 Å². The molecule has 2 atom stereocenters. The normalized spacial score (nSPS) is 17.6. The Kier molecular flexibility index (Phi) is 9.40. The number of para-hydroxylation sites is 1. The summed E-state index contributed by atoms with van der Waals surface area (Å²) in [5.41, 5.74) is 0.638. The molecule has 6 nitrogen and oxygen atoms in total. The van der Waals surface area contributed by atoms with Gasteiger partial charge in [0.2, 0.25) is 11.8 Å². The molecular weight excluding hydrogens is 388 g/mol. The minimum Gasteiger partial charge on any atom is -0.336 e. The zero-order valence-electron chi connectivity index (χ0n) is 18.2. The fourth-order valence-electron chi connectivity index (χ4n) is 3.65. The number of carbonyl (C=O) groups is 2. The van der Waals surface area contributed by atoms with Gasteiger partial charge in [0.15, 0.2) is 0 Å². The molecule has 29 heavy (non-hydrogen) atoms. The number of amides is 2. The zero-order valence-corrected chi connectivity index (χ0v) is 18.9. The van der Waals surface area contributed by atoms with Gasteiger partial charge in [-0.25, -0.2) is 0 Å². The third-order valence-corrected chi connectivity index (χ3v) is 6.09. The van der Waals surface area contributed by atoms with Crippen LogP contribution in [0.1, 0.15) is 40.5 Å². The van der Waals surface area contributed by atoms with Gasteiger partial charge in [-0.2, -0.15) is 0 Å². The van der Waals surface area contributed by atoms with Gasteiger partial charge in [-0.15, -0.1) is 0 Å². The SMILES string of the molecule is CC[C@@H](C)N(C(=O)CN1CCN(CC(=O)Nc2ccccc2Cl)CC1)[C@@H](C)CC. The average molecular weight is 423 g/mol. The average Bonchev–Trinajstić information content (AvgIpc) is 2.71. The molecule has 1 aliphatic heterocycles. The molecule has 1 fully saturated rings. The van der Waals surface area contributed by atoms with Crippen molar-refractivity contribution in [2.24, 2.45) is 0 Å². The number of nitrogens with zero attached hydrogens (tertiary/aromatic N) is 3. The van der Waals surface area contributed by atoms with Crippen LogP contribution < -0.4 is 5.32 Å². The van der Waals surface area contributed by atoms with Gasteiger partial charge in [0.25, 0.3) is 0 Å². The van der Waals surface area contributed by atoms with Crippen LogP contribution in [0.3, 0.4) is 0 Å².